The average molecular weight is 463 g/mol. The molecular formula is C22H18Cl3N3O2. The SMILES string of the molecule is NC(=NC(=O)C(NC(O)c1cc(Cl)cc(Cl)c1)c1ccc(Cl)cc1)c1ccccc1. The van der Waals surface area contributed by atoms with Crippen LogP contribution in [0.25, 0.3) is 0 Å². The fraction of sp³-hybridized carbons (Fsp3) is 0.0909. The van der Waals surface area contributed by atoms with Crippen molar-refractivity contribution in [3.05, 3.63) is 105 Å². The van der Waals surface area contributed by atoms with E-state index in [2.05, 4.69) is 10.3 Å². The fourth-order valence-electron chi connectivity index (χ4n) is 2.81. The summed E-state index contributed by atoms with van der Waals surface area (Å²) in [5, 5.41) is 14.8. The molecule has 0 fully saturated rings. The molecule has 0 aliphatic heterocycles. The minimum atomic E-state index is -1.24. The van der Waals surface area contributed by atoms with Gasteiger partial charge in [0, 0.05) is 20.6 Å². The summed E-state index contributed by atoms with van der Waals surface area (Å²) in [6.45, 7) is 0. The number of aliphatic hydroxyl groups excluding tert-OH is 1. The Morgan fingerprint density at radius 1 is 0.867 bits per heavy atom. The van der Waals surface area contributed by atoms with Crippen LogP contribution in [-0.4, -0.2) is 16.8 Å². The summed E-state index contributed by atoms with van der Waals surface area (Å²) in [7, 11) is 0. The number of nitrogens with one attached hydrogen (secondary N) is 1. The maximum absolute atomic E-state index is 13.0. The van der Waals surface area contributed by atoms with E-state index in [1.165, 1.54) is 0 Å². The van der Waals surface area contributed by atoms with Gasteiger partial charge < -0.3 is 10.8 Å². The van der Waals surface area contributed by atoms with Gasteiger partial charge in [-0.1, -0.05) is 77.3 Å². The van der Waals surface area contributed by atoms with Crippen molar-refractivity contribution in [3.63, 3.8) is 0 Å². The molecule has 3 aromatic carbocycles. The van der Waals surface area contributed by atoms with E-state index in [-0.39, 0.29) is 5.84 Å². The first-order valence-electron chi connectivity index (χ1n) is 8.92. The number of nitrogens with zero attached hydrogens (tertiary/aromatic N) is 1. The van der Waals surface area contributed by atoms with Crippen LogP contribution in [0.1, 0.15) is 29.0 Å². The van der Waals surface area contributed by atoms with Gasteiger partial charge in [-0.25, -0.2) is 0 Å². The van der Waals surface area contributed by atoms with Crippen molar-refractivity contribution in [2.24, 2.45) is 10.7 Å². The molecule has 0 aromatic heterocycles. The first kappa shape index (κ1) is 22.3. The number of aliphatic hydroxyl groups is 1. The monoisotopic (exact) mass is 461 g/mol. The van der Waals surface area contributed by atoms with Crippen LogP contribution in [0.4, 0.5) is 0 Å². The molecule has 0 aliphatic carbocycles. The number of hydrogen-bond acceptors (Lipinski definition) is 3. The summed E-state index contributed by atoms with van der Waals surface area (Å²) in [5.41, 5.74) is 7.57. The lowest BCUT2D eigenvalue weighted by Gasteiger charge is -2.21. The lowest BCUT2D eigenvalue weighted by atomic mass is 10.0. The van der Waals surface area contributed by atoms with Gasteiger partial charge in [0.25, 0.3) is 5.91 Å². The zero-order valence-electron chi connectivity index (χ0n) is 15.6. The third-order valence-electron chi connectivity index (χ3n) is 4.28. The molecule has 8 heteroatoms. The predicted octanol–water partition coefficient (Wildman–Crippen LogP) is 4.90. The zero-order valence-corrected chi connectivity index (χ0v) is 17.9. The molecule has 0 radical (unpaired) electrons. The van der Waals surface area contributed by atoms with E-state index < -0.39 is 18.2 Å². The number of halogens is 3. The van der Waals surface area contributed by atoms with Crippen molar-refractivity contribution in [1.29, 1.82) is 0 Å². The van der Waals surface area contributed by atoms with Gasteiger partial charge in [-0.3, -0.25) is 10.1 Å². The topological polar surface area (TPSA) is 87.7 Å². The second-order valence-electron chi connectivity index (χ2n) is 6.46. The van der Waals surface area contributed by atoms with Crippen molar-refractivity contribution in [3.8, 4) is 0 Å². The Bertz CT molecular complexity index is 1040. The average Bonchev–Trinajstić information content (AvgIpc) is 2.72. The molecule has 0 saturated carbocycles. The van der Waals surface area contributed by atoms with Crippen molar-refractivity contribution in [1.82, 2.24) is 5.32 Å². The molecule has 0 saturated heterocycles. The molecule has 1 amide bonds. The molecule has 2 atom stereocenters. The number of nitrogens with two attached hydrogens (primary N) is 1. The highest BCUT2D eigenvalue weighted by molar-refractivity contribution is 6.34. The van der Waals surface area contributed by atoms with Gasteiger partial charge >= 0.3 is 0 Å². The van der Waals surface area contributed by atoms with E-state index in [1.807, 2.05) is 6.07 Å². The van der Waals surface area contributed by atoms with E-state index >= 15 is 0 Å². The highest BCUT2D eigenvalue weighted by Gasteiger charge is 2.24. The molecule has 2 unspecified atom stereocenters. The van der Waals surface area contributed by atoms with Crippen LogP contribution in [0, 0.1) is 0 Å². The van der Waals surface area contributed by atoms with Crippen LogP contribution in [0.2, 0.25) is 15.1 Å². The van der Waals surface area contributed by atoms with Crippen LogP contribution < -0.4 is 11.1 Å². The van der Waals surface area contributed by atoms with E-state index in [0.717, 1.165) is 0 Å². The number of amidine groups is 1. The van der Waals surface area contributed by atoms with E-state index in [1.54, 1.807) is 66.7 Å². The summed E-state index contributed by atoms with van der Waals surface area (Å²) in [6.07, 6.45) is -1.24. The number of amides is 1. The fourth-order valence-corrected chi connectivity index (χ4v) is 3.48. The van der Waals surface area contributed by atoms with Gasteiger partial charge in [-0.2, -0.15) is 4.99 Å². The van der Waals surface area contributed by atoms with Crippen LogP contribution >= 0.6 is 34.8 Å². The number of rotatable bonds is 6. The van der Waals surface area contributed by atoms with Crippen molar-refractivity contribution in [2.75, 3.05) is 0 Å². The third kappa shape index (κ3) is 5.81. The van der Waals surface area contributed by atoms with Gasteiger partial charge in [0.05, 0.1) is 0 Å². The molecule has 0 spiro atoms. The van der Waals surface area contributed by atoms with Gasteiger partial charge in [0.1, 0.15) is 18.1 Å². The highest BCUT2D eigenvalue weighted by Crippen LogP contribution is 2.26. The van der Waals surface area contributed by atoms with Crippen molar-refractivity contribution in [2.45, 2.75) is 12.3 Å². The van der Waals surface area contributed by atoms with Gasteiger partial charge in [-0.05, 0) is 41.5 Å². The second-order valence-corrected chi connectivity index (χ2v) is 7.77. The molecule has 3 aromatic rings. The van der Waals surface area contributed by atoms with E-state index in [4.69, 9.17) is 40.5 Å². The summed E-state index contributed by atoms with van der Waals surface area (Å²) >= 11 is 18.0. The van der Waals surface area contributed by atoms with Crippen LogP contribution in [0.3, 0.4) is 0 Å². The third-order valence-corrected chi connectivity index (χ3v) is 4.96. The molecule has 0 heterocycles. The van der Waals surface area contributed by atoms with Gasteiger partial charge in [-0.15, -0.1) is 0 Å². The van der Waals surface area contributed by atoms with Gasteiger partial charge in [0.15, 0.2) is 0 Å². The Labute approximate surface area is 189 Å². The van der Waals surface area contributed by atoms with E-state index in [0.29, 0.717) is 31.8 Å². The lowest BCUT2D eigenvalue weighted by Crippen LogP contribution is -2.32. The normalized spacial score (nSPS) is 13.7. The molecule has 154 valence electrons. The largest absolute Gasteiger partial charge is 0.383 e. The van der Waals surface area contributed by atoms with E-state index in [9.17, 15) is 9.90 Å². The Morgan fingerprint density at radius 3 is 2.07 bits per heavy atom. The molecule has 4 N–H and O–H groups in total. The summed E-state index contributed by atoms with van der Waals surface area (Å²) in [5.74, 6) is -0.507. The van der Waals surface area contributed by atoms with Gasteiger partial charge in [0.2, 0.25) is 0 Å². The Morgan fingerprint density at radius 2 is 1.47 bits per heavy atom. The molecule has 0 bridgehead atoms. The first-order chi connectivity index (χ1) is 14.3. The molecular weight excluding hydrogens is 445 g/mol. The second kappa shape index (κ2) is 10.1. The molecule has 0 aliphatic rings. The molecule has 30 heavy (non-hydrogen) atoms. The number of benzene rings is 3. The minimum absolute atomic E-state index is 0.0710. The van der Waals surface area contributed by atoms with Crippen molar-refractivity contribution >= 4 is 46.5 Å². The van der Waals surface area contributed by atoms with Crippen molar-refractivity contribution < 1.29 is 9.90 Å². The van der Waals surface area contributed by atoms with Crippen LogP contribution in [0.5, 0.6) is 0 Å². The Balaban J connectivity index is 1.92. The Hall–Kier alpha value is -2.41. The van der Waals surface area contributed by atoms with Crippen LogP contribution in [0.15, 0.2) is 77.8 Å². The number of carbonyl (C=O) groups excluding carboxylic acids is 1. The Kier molecular flexibility index (Phi) is 7.48. The first-order valence-corrected chi connectivity index (χ1v) is 10.1. The standard InChI is InChI=1S/C22H18Cl3N3O2/c23-16-8-6-13(7-9-16)19(22(30)28-20(26)14-4-2-1-3-5-14)27-21(29)15-10-17(24)12-18(25)11-15/h1-12,19,21,27,29H,(H2,26,28,30). The molecule has 3 rings (SSSR count). The number of carbonyl (C=O) groups is 1. The maximum Gasteiger partial charge on any atom is 0.269 e. The number of hydrogen-bond donors (Lipinski definition) is 3. The minimum Gasteiger partial charge on any atom is -0.383 e. The zero-order chi connectivity index (χ0) is 21.7. The summed E-state index contributed by atoms with van der Waals surface area (Å²) in [6, 6.07) is 19.2. The summed E-state index contributed by atoms with van der Waals surface area (Å²) in [4.78, 5) is 17.0. The maximum atomic E-state index is 13.0. The highest BCUT2D eigenvalue weighted by atomic mass is 35.5. The number of aliphatic imine (C=N–C) groups is 1. The lowest BCUT2D eigenvalue weighted by molar-refractivity contribution is -0.120. The summed E-state index contributed by atoms with van der Waals surface area (Å²) < 4.78 is 0. The molecule has 5 nitrogen and oxygen atoms in total. The quantitative estimate of drug-likeness (QED) is 0.276. The van der Waals surface area contributed by atoms with Crippen LogP contribution in [-0.2, 0) is 4.79 Å². The smallest absolute Gasteiger partial charge is 0.269 e. The predicted molar refractivity (Wildman–Crippen MR) is 121 cm³/mol.